The molecule has 0 fully saturated rings. The minimum Gasteiger partial charge on any atom is -0.454 e. The zero-order valence-electron chi connectivity index (χ0n) is 16.0. The summed E-state index contributed by atoms with van der Waals surface area (Å²) in [6.45, 7) is 2.84. The van der Waals surface area contributed by atoms with Crippen LogP contribution in [0.15, 0.2) is 72.8 Å². The molecule has 0 radical (unpaired) electrons. The molecule has 0 saturated carbocycles. The molecule has 3 amide bonds. The molecule has 3 aromatic carbocycles. The van der Waals surface area contributed by atoms with Crippen LogP contribution in [0.3, 0.4) is 0 Å². The fraction of sp³-hybridized carbons (Fsp3) is 0.130. The van der Waals surface area contributed by atoms with Crippen molar-refractivity contribution < 1.29 is 14.3 Å². The van der Waals surface area contributed by atoms with Gasteiger partial charge in [-0.25, -0.2) is 4.79 Å². The van der Waals surface area contributed by atoms with Gasteiger partial charge >= 0.3 is 6.03 Å². The molecule has 0 atom stereocenters. The molecule has 6 nitrogen and oxygen atoms in total. The van der Waals surface area contributed by atoms with Gasteiger partial charge < -0.3 is 20.3 Å². The number of rotatable bonds is 4. The summed E-state index contributed by atoms with van der Waals surface area (Å²) in [5.41, 5.74) is 2.66. The van der Waals surface area contributed by atoms with Crippen molar-refractivity contribution in [2.24, 2.45) is 0 Å². The van der Waals surface area contributed by atoms with Crippen LogP contribution < -0.4 is 20.3 Å². The van der Waals surface area contributed by atoms with E-state index in [0.717, 1.165) is 11.3 Å². The van der Waals surface area contributed by atoms with Crippen LogP contribution in [0.4, 0.5) is 16.2 Å². The van der Waals surface area contributed by atoms with Crippen LogP contribution in [0.5, 0.6) is 11.5 Å². The zero-order chi connectivity index (χ0) is 20.2. The Morgan fingerprint density at radius 2 is 1.72 bits per heavy atom. The minimum absolute atomic E-state index is 0.166. The second kappa shape index (κ2) is 8.06. The maximum absolute atomic E-state index is 13.1. The molecule has 0 aromatic heterocycles. The summed E-state index contributed by atoms with van der Waals surface area (Å²) in [6.07, 6.45) is 0. The SMILES string of the molecule is CCN1C(=O)c2cc(NC(=O)NCc3ccccc3)ccc2Oc2ccccc21. The number of carbonyl (C=O) groups excluding carboxylic acids is 2. The van der Waals surface area contributed by atoms with E-state index in [0.29, 0.717) is 35.8 Å². The Morgan fingerprint density at radius 3 is 2.52 bits per heavy atom. The molecule has 4 rings (SSSR count). The highest BCUT2D eigenvalue weighted by atomic mass is 16.5. The van der Waals surface area contributed by atoms with Crippen molar-refractivity contribution in [3.05, 3.63) is 83.9 Å². The van der Waals surface area contributed by atoms with Crippen LogP contribution in [-0.4, -0.2) is 18.5 Å². The van der Waals surface area contributed by atoms with Crippen LogP contribution in [-0.2, 0) is 6.54 Å². The van der Waals surface area contributed by atoms with Crippen molar-refractivity contribution in [2.45, 2.75) is 13.5 Å². The quantitative estimate of drug-likeness (QED) is 0.677. The Bertz CT molecular complexity index is 1050. The molecule has 29 heavy (non-hydrogen) atoms. The maximum Gasteiger partial charge on any atom is 0.319 e. The smallest absolute Gasteiger partial charge is 0.319 e. The number of amides is 3. The number of nitrogens with zero attached hydrogens (tertiary/aromatic N) is 1. The summed E-state index contributed by atoms with van der Waals surface area (Å²) in [5, 5.41) is 5.59. The molecule has 0 saturated heterocycles. The Hall–Kier alpha value is -3.80. The molecule has 3 aromatic rings. The van der Waals surface area contributed by atoms with E-state index in [2.05, 4.69) is 10.6 Å². The average Bonchev–Trinajstić information content (AvgIpc) is 2.87. The highest BCUT2D eigenvalue weighted by Gasteiger charge is 2.27. The first-order valence-corrected chi connectivity index (χ1v) is 9.47. The van der Waals surface area contributed by atoms with Crippen LogP contribution in [0.25, 0.3) is 0 Å². The van der Waals surface area contributed by atoms with Gasteiger partial charge in [-0.05, 0) is 42.8 Å². The molecule has 6 heteroatoms. The number of ether oxygens (including phenoxy) is 1. The van der Waals surface area contributed by atoms with Crippen LogP contribution >= 0.6 is 0 Å². The van der Waals surface area contributed by atoms with Crippen molar-refractivity contribution in [2.75, 3.05) is 16.8 Å². The molecule has 146 valence electrons. The lowest BCUT2D eigenvalue weighted by Crippen LogP contribution is -2.30. The third-order valence-electron chi connectivity index (χ3n) is 4.70. The molecule has 1 heterocycles. The molecule has 1 aliphatic heterocycles. The monoisotopic (exact) mass is 387 g/mol. The number of nitrogens with one attached hydrogen (secondary N) is 2. The zero-order valence-corrected chi connectivity index (χ0v) is 16.0. The first kappa shape index (κ1) is 18.6. The summed E-state index contributed by atoms with van der Waals surface area (Å²) in [6, 6.07) is 21.8. The second-order valence-corrected chi connectivity index (χ2v) is 6.62. The van der Waals surface area contributed by atoms with E-state index in [4.69, 9.17) is 4.74 Å². The normalized spacial score (nSPS) is 12.3. The molecule has 2 N–H and O–H groups in total. The maximum atomic E-state index is 13.1. The third-order valence-corrected chi connectivity index (χ3v) is 4.70. The number of urea groups is 1. The fourth-order valence-electron chi connectivity index (χ4n) is 3.27. The molecular weight excluding hydrogens is 366 g/mol. The van der Waals surface area contributed by atoms with Gasteiger partial charge in [0.2, 0.25) is 0 Å². The van der Waals surface area contributed by atoms with E-state index in [-0.39, 0.29) is 11.9 Å². The van der Waals surface area contributed by atoms with E-state index in [1.165, 1.54) is 0 Å². The van der Waals surface area contributed by atoms with Crippen molar-refractivity contribution >= 4 is 23.3 Å². The minimum atomic E-state index is -0.341. The summed E-state index contributed by atoms with van der Waals surface area (Å²) < 4.78 is 5.98. The molecular formula is C23H21N3O3. The molecule has 1 aliphatic rings. The lowest BCUT2D eigenvalue weighted by Gasteiger charge is -2.19. The van der Waals surface area contributed by atoms with Crippen molar-refractivity contribution in [1.29, 1.82) is 0 Å². The van der Waals surface area contributed by atoms with Gasteiger partial charge in [-0.1, -0.05) is 42.5 Å². The topological polar surface area (TPSA) is 70.7 Å². The number of carbonyl (C=O) groups is 2. The Balaban J connectivity index is 1.53. The van der Waals surface area contributed by atoms with Gasteiger partial charge in [-0.15, -0.1) is 0 Å². The molecule has 0 aliphatic carbocycles. The van der Waals surface area contributed by atoms with Gasteiger partial charge in [0.05, 0.1) is 11.3 Å². The lowest BCUT2D eigenvalue weighted by atomic mass is 10.1. The average molecular weight is 387 g/mol. The van der Waals surface area contributed by atoms with Crippen molar-refractivity contribution in [3.63, 3.8) is 0 Å². The van der Waals surface area contributed by atoms with Crippen LogP contribution in [0.2, 0.25) is 0 Å². The van der Waals surface area contributed by atoms with Crippen LogP contribution in [0.1, 0.15) is 22.8 Å². The third kappa shape index (κ3) is 3.91. The summed E-state index contributed by atoms with van der Waals surface area (Å²) in [4.78, 5) is 27.0. The van der Waals surface area contributed by atoms with Crippen molar-refractivity contribution in [3.8, 4) is 11.5 Å². The predicted molar refractivity (Wildman–Crippen MR) is 113 cm³/mol. The molecule has 0 spiro atoms. The van der Waals surface area contributed by atoms with Gasteiger partial charge in [0.15, 0.2) is 5.75 Å². The first-order chi connectivity index (χ1) is 14.2. The van der Waals surface area contributed by atoms with E-state index in [1.54, 1.807) is 23.1 Å². The Morgan fingerprint density at radius 1 is 0.966 bits per heavy atom. The summed E-state index contributed by atoms with van der Waals surface area (Å²) >= 11 is 0. The number of benzene rings is 3. The highest BCUT2D eigenvalue weighted by Crippen LogP contribution is 2.39. The number of hydrogen-bond acceptors (Lipinski definition) is 3. The van der Waals surface area contributed by atoms with Gasteiger partial charge in [-0.2, -0.15) is 0 Å². The lowest BCUT2D eigenvalue weighted by molar-refractivity contribution is 0.0988. The largest absolute Gasteiger partial charge is 0.454 e. The first-order valence-electron chi connectivity index (χ1n) is 9.47. The summed E-state index contributed by atoms with van der Waals surface area (Å²) in [7, 11) is 0. The van der Waals surface area contributed by atoms with Gasteiger partial charge in [-0.3, -0.25) is 4.79 Å². The molecule has 0 unspecified atom stereocenters. The highest BCUT2D eigenvalue weighted by molar-refractivity contribution is 6.10. The Labute approximate surface area is 169 Å². The van der Waals surface area contributed by atoms with E-state index < -0.39 is 0 Å². The summed E-state index contributed by atoms with van der Waals surface area (Å²) in [5.74, 6) is 0.928. The number of fused-ring (bicyclic) bond motifs is 2. The number of hydrogen-bond donors (Lipinski definition) is 2. The van der Waals surface area contributed by atoms with Crippen molar-refractivity contribution in [1.82, 2.24) is 5.32 Å². The second-order valence-electron chi connectivity index (χ2n) is 6.62. The van der Waals surface area contributed by atoms with Gasteiger partial charge in [0, 0.05) is 18.8 Å². The Kier molecular flexibility index (Phi) is 5.16. The standard InChI is InChI=1S/C23H21N3O3/c1-2-26-19-10-6-7-11-21(19)29-20-13-12-17(14-18(20)22(26)27)25-23(28)24-15-16-8-4-3-5-9-16/h3-14H,2,15H2,1H3,(H2,24,25,28). The van der Waals surface area contributed by atoms with E-state index in [1.807, 2.05) is 61.5 Å². The number of anilines is 2. The van der Waals surface area contributed by atoms with Gasteiger partial charge in [0.25, 0.3) is 5.91 Å². The fourth-order valence-corrected chi connectivity index (χ4v) is 3.27. The van der Waals surface area contributed by atoms with Crippen LogP contribution in [0, 0.1) is 0 Å². The van der Waals surface area contributed by atoms with E-state index in [9.17, 15) is 9.59 Å². The van der Waals surface area contributed by atoms with E-state index >= 15 is 0 Å². The number of para-hydroxylation sites is 2. The predicted octanol–water partition coefficient (Wildman–Crippen LogP) is 4.78. The molecule has 0 bridgehead atoms. The van der Waals surface area contributed by atoms with Gasteiger partial charge in [0.1, 0.15) is 5.75 Å².